The van der Waals surface area contributed by atoms with Crippen LogP contribution >= 0.6 is 0 Å². The zero-order chi connectivity index (χ0) is 11.5. The molecule has 0 unspecified atom stereocenters. The number of rotatable bonds is 3. The summed E-state index contributed by atoms with van der Waals surface area (Å²) in [6, 6.07) is 5.24. The number of nitrogens with one attached hydrogen (secondary N) is 1. The summed E-state index contributed by atoms with van der Waals surface area (Å²) in [5.74, 6) is -0.363. The SMILES string of the molecule is COCc1[nH]nc2cc(C(=O)OC)ccc12. The Morgan fingerprint density at radius 2 is 2.25 bits per heavy atom. The van der Waals surface area contributed by atoms with Gasteiger partial charge in [0.25, 0.3) is 0 Å². The maximum Gasteiger partial charge on any atom is 0.337 e. The second kappa shape index (κ2) is 4.32. The van der Waals surface area contributed by atoms with Gasteiger partial charge >= 0.3 is 5.97 Å². The van der Waals surface area contributed by atoms with E-state index < -0.39 is 0 Å². The highest BCUT2D eigenvalue weighted by Crippen LogP contribution is 2.18. The van der Waals surface area contributed by atoms with Crippen LogP contribution in [0.5, 0.6) is 0 Å². The zero-order valence-corrected chi connectivity index (χ0v) is 9.11. The smallest absolute Gasteiger partial charge is 0.337 e. The number of hydrogen-bond donors (Lipinski definition) is 1. The Balaban J connectivity index is 2.44. The molecule has 1 aromatic heterocycles. The largest absolute Gasteiger partial charge is 0.465 e. The van der Waals surface area contributed by atoms with Crippen molar-refractivity contribution in [1.82, 2.24) is 10.2 Å². The molecule has 0 aliphatic rings. The highest BCUT2D eigenvalue weighted by molar-refractivity contribution is 5.94. The third-order valence-electron chi connectivity index (χ3n) is 2.34. The number of aromatic nitrogens is 2. The number of nitrogens with zero attached hydrogens (tertiary/aromatic N) is 1. The van der Waals surface area contributed by atoms with Crippen molar-refractivity contribution >= 4 is 16.9 Å². The van der Waals surface area contributed by atoms with E-state index in [0.29, 0.717) is 12.2 Å². The van der Waals surface area contributed by atoms with Crippen LogP contribution in [-0.2, 0) is 16.1 Å². The van der Waals surface area contributed by atoms with Gasteiger partial charge in [-0.2, -0.15) is 5.10 Å². The van der Waals surface area contributed by atoms with Crippen LogP contribution in [0.25, 0.3) is 10.9 Å². The molecule has 0 spiro atoms. The van der Waals surface area contributed by atoms with Gasteiger partial charge in [0.1, 0.15) is 0 Å². The first-order valence-electron chi connectivity index (χ1n) is 4.80. The first-order chi connectivity index (χ1) is 7.76. The van der Waals surface area contributed by atoms with Crippen molar-refractivity contribution in [3.63, 3.8) is 0 Å². The second-order valence-corrected chi connectivity index (χ2v) is 3.36. The van der Waals surface area contributed by atoms with Crippen LogP contribution in [0, 0.1) is 0 Å². The first-order valence-corrected chi connectivity index (χ1v) is 4.80. The average molecular weight is 220 g/mol. The Hall–Kier alpha value is -1.88. The van der Waals surface area contributed by atoms with Crippen LogP contribution < -0.4 is 0 Å². The molecule has 0 aliphatic heterocycles. The van der Waals surface area contributed by atoms with Crippen LogP contribution in [0.2, 0.25) is 0 Å². The molecule has 84 valence electrons. The normalized spacial score (nSPS) is 10.6. The van der Waals surface area contributed by atoms with E-state index in [0.717, 1.165) is 16.6 Å². The molecule has 0 amide bonds. The molecular weight excluding hydrogens is 208 g/mol. The summed E-state index contributed by atoms with van der Waals surface area (Å²) in [7, 11) is 2.98. The fraction of sp³-hybridized carbons (Fsp3) is 0.273. The van der Waals surface area contributed by atoms with Crippen molar-refractivity contribution in [2.24, 2.45) is 0 Å². The lowest BCUT2D eigenvalue weighted by Gasteiger charge is -1.99. The number of fused-ring (bicyclic) bond motifs is 1. The van der Waals surface area contributed by atoms with E-state index >= 15 is 0 Å². The molecule has 0 saturated heterocycles. The van der Waals surface area contributed by atoms with E-state index in [1.807, 2.05) is 6.07 Å². The Morgan fingerprint density at radius 3 is 2.94 bits per heavy atom. The van der Waals surface area contributed by atoms with Gasteiger partial charge in [-0.15, -0.1) is 0 Å². The maximum absolute atomic E-state index is 11.3. The van der Waals surface area contributed by atoms with E-state index in [9.17, 15) is 4.79 Å². The summed E-state index contributed by atoms with van der Waals surface area (Å²) in [6.45, 7) is 0.466. The van der Waals surface area contributed by atoms with Crippen molar-refractivity contribution in [2.45, 2.75) is 6.61 Å². The summed E-state index contributed by atoms with van der Waals surface area (Å²) >= 11 is 0. The Labute approximate surface area is 92.4 Å². The molecule has 0 aliphatic carbocycles. The van der Waals surface area contributed by atoms with Gasteiger partial charge in [0, 0.05) is 12.5 Å². The molecule has 16 heavy (non-hydrogen) atoms. The van der Waals surface area contributed by atoms with E-state index in [1.165, 1.54) is 7.11 Å². The second-order valence-electron chi connectivity index (χ2n) is 3.36. The predicted octanol–water partition coefficient (Wildman–Crippen LogP) is 1.50. The lowest BCUT2D eigenvalue weighted by atomic mass is 10.1. The molecule has 1 N–H and O–H groups in total. The average Bonchev–Trinajstić information content (AvgIpc) is 2.71. The molecule has 2 aromatic rings. The van der Waals surface area contributed by atoms with E-state index in [1.54, 1.807) is 19.2 Å². The zero-order valence-electron chi connectivity index (χ0n) is 9.11. The Morgan fingerprint density at radius 1 is 1.44 bits per heavy atom. The van der Waals surface area contributed by atoms with Gasteiger partial charge in [0.15, 0.2) is 0 Å². The van der Waals surface area contributed by atoms with E-state index in [-0.39, 0.29) is 5.97 Å². The summed E-state index contributed by atoms with van der Waals surface area (Å²) in [4.78, 5) is 11.3. The fourth-order valence-corrected chi connectivity index (χ4v) is 1.57. The number of esters is 1. The quantitative estimate of drug-likeness (QED) is 0.796. The number of benzene rings is 1. The third-order valence-corrected chi connectivity index (χ3v) is 2.34. The molecule has 0 radical (unpaired) electrons. The van der Waals surface area contributed by atoms with Crippen molar-refractivity contribution < 1.29 is 14.3 Å². The summed E-state index contributed by atoms with van der Waals surface area (Å²) in [6.07, 6.45) is 0. The summed E-state index contributed by atoms with van der Waals surface area (Å²) in [5.41, 5.74) is 2.12. The minimum atomic E-state index is -0.363. The first kappa shape index (κ1) is 10.6. The van der Waals surface area contributed by atoms with Gasteiger partial charge in [-0.25, -0.2) is 4.79 Å². The molecule has 1 aromatic carbocycles. The van der Waals surface area contributed by atoms with Crippen LogP contribution in [0.15, 0.2) is 18.2 Å². The lowest BCUT2D eigenvalue weighted by molar-refractivity contribution is 0.0601. The van der Waals surface area contributed by atoms with Crippen molar-refractivity contribution in [3.8, 4) is 0 Å². The molecular formula is C11H12N2O3. The number of methoxy groups -OCH3 is 2. The van der Waals surface area contributed by atoms with Crippen LogP contribution in [0.4, 0.5) is 0 Å². The van der Waals surface area contributed by atoms with Crippen molar-refractivity contribution in [2.75, 3.05) is 14.2 Å². The summed E-state index contributed by atoms with van der Waals surface area (Å²) in [5, 5.41) is 7.93. The minimum absolute atomic E-state index is 0.363. The lowest BCUT2D eigenvalue weighted by Crippen LogP contribution is -2.00. The molecule has 0 atom stereocenters. The highest BCUT2D eigenvalue weighted by atomic mass is 16.5. The molecule has 2 rings (SSSR count). The van der Waals surface area contributed by atoms with Gasteiger partial charge < -0.3 is 9.47 Å². The number of aromatic amines is 1. The van der Waals surface area contributed by atoms with E-state index in [4.69, 9.17) is 4.74 Å². The van der Waals surface area contributed by atoms with Crippen LogP contribution in [-0.4, -0.2) is 30.4 Å². The molecule has 0 saturated carbocycles. The number of carbonyl (C=O) groups is 1. The molecule has 5 heteroatoms. The van der Waals surface area contributed by atoms with Crippen LogP contribution in [0.1, 0.15) is 16.1 Å². The van der Waals surface area contributed by atoms with Gasteiger partial charge in [0.05, 0.1) is 30.5 Å². The van der Waals surface area contributed by atoms with Crippen LogP contribution in [0.3, 0.4) is 0 Å². The third kappa shape index (κ3) is 1.77. The maximum atomic E-state index is 11.3. The minimum Gasteiger partial charge on any atom is -0.465 e. The van der Waals surface area contributed by atoms with Gasteiger partial charge in [-0.3, -0.25) is 5.10 Å². The van der Waals surface area contributed by atoms with E-state index in [2.05, 4.69) is 14.9 Å². The van der Waals surface area contributed by atoms with Crippen molar-refractivity contribution in [1.29, 1.82) is 0 Å². The number of hydrogen-bond acceptors (Lipinski definition) is 4. The number of ether oxygens (including phenoxy) is 2. The Bertz CT molecular complexity index is 519. The number of carbonyl (C=O) groups excluding carboxylic acids is 1. The predicted molar refractivity (Wildman–Crippen MR) is 58.1 cm³/mol. The van der Waals surface area contributed by atoms with Gasteiger partial charge in [0.2, 0.25) is 0 Å². The van der Waals surface area contributed by atoms with Gasteiger partial charge in [-0.05, 0) is 18.2 Å². The molecule has 0 bridgehead atoms. The molecule has 5 nitrogen and oxygen atoms in total. The molecule has 1 heterocycles. The highest BCUT2D eigenvalue weighted by Gasteiger charge is 2.09. The monoisotopic (exact) mass is 220 g/mol. The standard InChI is InChI=1S/C11H12N2O3/c1-15-6-10-8-4-3-7(11(14)16-2)5-9(8)12-13-10/h3-5H,6H2,1-2H3,(H,12,13). The number of H-pyrrole nitrogens is 1. The Kier molecular flexibility index (Phi) is 2.87. The molecule has 0 fully saturated rings. The summed E-state index contributed by atoms with van der Waals surface area (Å²) < 4.78 is 9.67. The topological polar surface area (TPSA) is 64.2 Å². The van der Waals surface area contributed by atoms with Crippen molar-refractivity contribution in [3.05, 3.63) is 29.5 Å². The fourth-order valence-electron chi connectivity index (χ4n) is 1.57. The van der Waals surface area contributed by atoms with Gasteiger partial charge in [-0.1, -0.05) is 0 Å².